The Bertz CT molecular complexity index is 540. The van der Waals surface area contributed by atoms with Crippen molar-refractivity contribution in [2.75, 3.05) is 11.4 Å². The van der Waals surface area contributed by atoms with Crippen LogP contribution in [0.25, 0.3) is 0 Å². The van der Waals surface area contributed by atoms with E-state index in [1.54, 1.807) is 0 Å². The highest BCUT2D eigenvalue weighted by atomic mass is 79.9. The van der Waals surface area contributed by atoms with Crippen molar-refractivity contribution in [3.05, 3.63) is 28.0 Å². The SMILES string of the molecule is N=C(N)c1ccc(N(CC(F)(F)F)C2CC2)c(F)c1Br. The molecule has 0 spiro atoms. The van der Waals surface area contributed by atoms with Crippen LogP contribution >= 0.6 is 15.9 Å². The van der Waals surface area contributed by atoms with Gasteiger partial charge in [0.05, 0.1) is 10.2 Å². The summed E-state index contributed by atoms with van der Waals surface area (Å²) in [5.74, 6) is -1.18. The Kier molecular flexibility index (Phi) is 3.95. The molecule has 0 unspecified atom stereocenters. The van der Waals surface area contributed by atoms with Gasteiger partial charge in [0.25, 0.3) is 0 Å². The summed E-state index contributed by atoms with van der Waals surface area (Å²) in [6.45, 7) is -1.19. The topological polar surface area (TPSA) is 53.1 Å². The molecule has 0 aliphatic heterocycles. The van der Waals surface area contributed by atoms with Gasteiger partial charge in [-0.3, -0.25) is 5.41 Å². The van der Waals surface area contributed by atoms with Gasteiger partial charge in [-0.2, -0.15) is 13.2 Å². The Hall–Kier alpha value is -1.31. The minimum Gasteiger partial charge on any atom is -0.384 e. The third-order valence-electron chi connectivity index (χ3n) is 3.00. The van der Waals surface area contributed by atoms with Gasteiger partial charge in [-0.25, -0.2) is 4.39 Å². The molecule has 1 fully saturated rings. The van der Waals surface area contributed by atoms with Crippen LogP contribution in [0.5, 0.6) is 0 Å². The maximum atomic E-state index is 14.2. The molecule has 1 saturated carbocycles. The number of nitrogen functional groups attached to an aromatic ring is 1. The van der Waals surface area contributed by atoms with Gasteiger partial charge in [0.1, 0.15) is 12.4 Å². The van der Waals surface area contributed by atoms with Crippen LogP contribution in [0.3, 0.4) is 0 Å². The molecule has 20 heavy (non-hydrogen) atoms. The van der Waals surface area contributed by atoms with Gasteiger partial charge in [-0.1, -0.05) is 0 Å². The fourth-order valence-corrected chi connectivity index (χ4v) is 2.51. The van der Waals surface area contributed by atoms with Crippen LogP contribution in [-0.2, 0) is 0 Å². The molecule has 3 nitrogen and oxygen atoms in total. The average Bonchev–Trinajstić information content (AvgIpc) is 3.12. The van der Waals surface area contributed by atoms with Crippen LogP contribution in [0, 0.1) is 11.2 Å². The number of nitrogens with two attached hydrogens (primary N) is 1. The number of nitrogens with one attached hydrogen (secondary N) is 1. The van der Waals surface area contributed by atoms with Gasteiger partial charge in [0.15, 0.2) is 5.82 Å². The van der Waals surface area contributed by atoms with Gasteiger partial charge in [0, 0.05) is 11.6 Å². The van der Waals surface area contributed by atoms with Gasteiger partial charge in [0.2, 0.25) is 0 Å². The lowest BCUT2D eigenvalue weighted by Gasteiger charge is -2.27. The first-order valence-electron chi connectivity index (χ1n) is 5.86. The van der Waals surface area contributed by atoms with Crippen molar-refractivity contribution < 1.29 is 17.6 Å². The normalized spacial score (nSPS) is 15.2. The van der Waals surface area contributed by atoms with E-state index in [4.69, 9.17) is 11.1 Å². The molecule has 0 amide bonds. The van der Waals surface area contributed by atoms with E-state index < -0.39 is 18.5 Å². The standard InChI is InChI=1S/C12H12BrF4N3/c13-9-7(11(18)19)3-4-8(10(9)14)20(6-1-2-6)5-12(15,16)17/h3-4,6H,1-2,5H2,(H3,18,19). The lowest BCUT2D eigenvalue weighted by atomic mass is 10.1. The highest BCUT2D eigenvalue weighted by Gasteiger charge is 2.39. The van der Waals surface area contributed by atoms with Crippen molar-refractivity contribution in [1.82, 2.24) is 0 Å². The number of alkyl halides is 3. The van der Waals surface area contributed by atoms with E-state index in [9.17, 15) is 17.6 Å². The fourth-order valence-electron chi connectivity index (χ4n) is 1.96. The molecule has 1 aliphatic carbocycles. The first-order valence-corrected chi connectivity index (χ1v) is 6.66. The Morgan fingerprint density at radius 1 is 1.40 bits per heavy atom. The van der Waals surface area contributed by atoms with Crippen molar-refractivity contribution in [1.29, 1.82) is 5.41 Å². The lowest BCUT2D eigenvalue weighted by Crippen LogP contribution is -2.36. The average molecular weight is 354 g/mol. The predicted octanol–water partition coefficient (Wildman–Crippen LogP) is 3.40. The summed E-state index contributed by atoms with van der Waals surface area (Å²) in [6.07, 6.45) is -3.18. The van der Waals surface area contributed by atoms with Gasteiger partial charge in [-0.05, 0) is 40.9 Å². The number of rotatable bonds is 4. The van der Waals surface area contributed by atoms with Crippen LogP contribution in [0.4, 0.5) is 23.2 Å². The molecule has 3 N–H and O–H groups in total. The Morgan fingerprint density at radius 3 is 2.45 bits per heavy atom. The van der Waals surface area contributed by atoms with Gasteiger partial charge >= 0.3 is 6.18 Å². The van der Waals surface area contributed by atoms with Gasteiger partial charge < -0.3 is 10.6 Å². The minimum absolute atomic E-state index is 0.0877. The van der Waals surface area contributed by atoms with Crippen molar-refractivity contribution in [3.8, 4) is 0 Å². The van der Waals surface area contributed by atoms with Crippen LogP contribution in [0.2, 0.25) is 0 Å². The van der Waals surface area contributed by atoms with E-state index in [0.29, 0.717) is 12.8 Å². The zero-order valence-corrected chi connectivity index (χ0v) is 11.9. The molecular weight excluding hydrogens is 342 g/mol. The van der Waals surface area contributed by atoms with Crippen molar-refractivity contribution >= 4 is 27.5 Å². The van der Waals surface area contributed by atoms with E-state index >= 15 is 0 Å². The smallest absolute Gasteiger partial charge is 0.384 e. The highest BCUT2D eigenvalue weighted by Crippen LogP contribution is 2.38. The molecule has 0 atom stereocenters. The summed E-state index contributed by atoms with van der Waals surface area (Å²) >= 11 is 2.95. The maximum absolute atomic E-state index is 14.2. The first-order chi connectivity index (χ1) is 9.20. The summed E-state index contributed by atoms with van der Waals surface area (Å²) in [6, 6.07) is 2.29. The summed E-state index contributed by atoms with van der Waals surface area (Å²) in [4.78, 5) is 1.02. The molecule has 1 aromatic carbocycles. The van der Waals surface area contributed by atoms with E-state index in [0.717, 1.165) is 4.90 Å². The number of halogens is 5. The quantitative estimate of drug-likeness (QED) is 0.495. The Morgan fingerprint density at radius 2 is 2.00 bits per heavy atom. The molecule has 0 aromatic heterocycles. The molecule has 1 aromatic rings. The monoisotopic (exact) mass is 353 g/mol. The van der Waals surface area contributed by atoms with Crippen molar-refractivity contribution in [2.45, 2.75) is 25.1 Å². The number of hydrogen-bond donors (Lipinski definition) is 2. The van der Waals surface area contributed by atoms with Crippen molar-refractivity contribution in [2.24, 2.45) is 5.73 Å². The second-order valence-corrected chi connectivity index (χ2v) is 5.44. The number of nitrogens with zero attached hydrogens (tertiary/aromatic N) is 1. The highest BCUT2D eigenvalue weighted by molar-refractivity contribution is 9.10. The molecule has 0 heterocycles. The van der Waals surface area contributed by atoms with E-state index in [-0.39, 0.29) is 27.6 Å². The first kappa shape index (κ1) is 15.1. The third-order valence-corrected chi connectivity index (χ3v) is 3.77. The molecular formula is C12H12BrF4N3. The van der Waals surface area contributed by atoms with Crippen LogP contribution in [-0.4, -0.2) is 24.6 Å². The van der Waals surface area contributed by atoms with Crippen LogP contribution < -0.4 is 10.6 Å². The predicted molar refractivity (Wildman–Crippen MR) is 71.5 cm³/mol. The lowest BCUT2D eigenvalue weighted by molar-refractivity contribution is -0.120. The molecule has 0 bridgehead atoms. The molecule has 0 radical (unpaired) electrons. The fraction of sp³-hybridized carbons (Fsp3) is 0.417. The largest absolute Gasteiger partial charge is 0.405 e. The molecule has 0 saturated heterocycles. The third kappa shape index (κ3) is 3.23. The minimum atomic E-state index is -4.40. The molecule has 2 rings (SSSR count). The number of anilines is 1. The zero-order chi connectivity index (χ0) is 15.1. The van der Waals surface area contributed by atoms with Crippen molar-refractivity contribution in [3.63, 3.8) is 0 Å². The van der Waals surface area contributed by atoms with Gasteiger partial charge in [-0.15, -0.1) is 0 Å². The molecule has 1 aliphatic rings. The Labute approximate surface area is 121 Å². The number of benzene rings is 1. The van der Waals surface area contributed by atoms with Crippen LogP contribution in [0.1, 0.15) is 18.4 Å². The summed E-state index contributed by atoms with van der Waals surface area (Å²) < 4.78 is 51.9. The van der Waals surface area contributed by atoms with E-state index in [1.807, 2.05) is 0 Å². The zero-order valence-electron chi connectivity index (χ0n) is 10.3. The van der Waals surface area contributed by atoms with E-state index in [1.165, 1.54) is 12.1 Å². The summed E-state index contributed by atoms with van der Waals surface area (Å²) in [5, 5.41) is 7.28. The molecule has 110 valence electrons. The van der Waals surface area contributed by atoms with Crippen LogP contribution in [0.15, 0.2) is 16.6 Å². The number of hydrogen-bond acceptors (Lipinski definition) is 2. The summed E-state index contributed by atoms with van der Waals surface area (Å²) in [5.41, 5.74) is 5.27. The summed E-state index contributed by atoms with van der Waals surface area (Å²) in [7, 11) is 0. The second-order valence-electron chi connectivity index (χ2n) is 4.65. The maximum Gasteiger partial charge on any atom is 0.405 e. The van der Waals surface area contributed by atoms with E-state index in [2.05, 4.69) is 15.9 Å². The second kappa shape index (κ2) is 5.23. The number of amidine groups is 1. The Balaban J connectivity index is 2.39. The molecule has 8 heteroatoms.